The molecule has 1 unspecified atom stereocenters. The third-order valence-corrected chi connectivity index (χ3v) is 3.50. The maximum absolute atomic E-state index is 12.3. The van der Waals surface area contributed by atoms with Crippen LogP contribution in [-0.2, 0) is 4.74 Å². The van der Waals surface area contributed by atoms with Gasteiger partial charge in [-0.25, -0.2) is 0 Å². The van der Waals surface area contributed by atoms with Gasteiger partial charge in [-0.2, -0.15) is 0 Å². The van der Waals surface area contributed by atoms with Crippen molar-refractivity contribution in [3.05, 3.63) is 29.3 Å². The van der Waals surface area contributed by atoms with Crippen LogP contribution in [0.4, 0.5) is 0 Å². The molecule has 0 bridgehead atoms. The number of hydrogen-bond acceptors (Lipinski definition) is 3. The largest absolute Gasteiger partial charge is 0.380 e. The van der Waals surface area contributed by atoms with Crippen molar-refractivity contribution >= 4 is 18.5 Å². The molecule has 1 amide bonds. The number of aryl methyl sites for hydroxylation is 1. The molecule has 2 rings (SSSR count). The van der Waals surface area contributed by atoms with Crippen molar-refractivity contribution in [2.75, 3.05) is 20.2 Å². The highest BCUT2D eigenvalue weighted by Gasteiger charge is 2.27. The molecule has 1 aromatic carbocycles. The second kappa shape index (κ2) is 5.10. The summed E-state index contributed by atoms with van der Waals surface area (Å²) in [6, 6.07) is 5.66. The van der Waals surface area contributed by atoms with Crippen LogP contribution in [0.5, 0.6) is 0 Å². The van der Waals surface area contributed by atoms with Gasteiger partial charge in [-0.05, 0) is 31.0 Å². The molecule has 3 nitrogen and oxygen atoms in total. The number of nitrogens with zero attached hydrogens (tertiary/aromatic N) is 1. The Morgan fingerprint density at radius 3 is 2.94 bits per heavy atom. The Balaban J connectivity index is 2.17. The van der Waals surface area contributed by atoms with Crippen LogP contribution in [-0.4, -0.2) is 37.1 Å². The van der Waals surface area contributed by atoms with Crippen LogP contribution < -0.4 is 0 Å². The molecule has 1 fully saturated rings. The van der Waals surface area contributed by atoms with Crippen LogP contribution >= 0.6 is 12.6 Å². The van der Waals surface area contributed by atoms with Gasteiger partial charge in [-0.15, -0.1) is 12.6 Å². The van der Waals surface area contributed by atoms with E-state index in [1.807, 2.05) is 30.0 Å². The van der Waals surface area contributed by atoms with Gasteiger partial charge in [0.2, 0.25) is 0 Å². The molecule has 1 saturated heterocycles. The molecule has 17 heavy (non-hydrogen) atoms. The number of thiol groups is 1. The number of likely N-dealkylation sites (tertiary alicyclic amines) is 1. The van der Waals surface area contributed by atoms with Crippen LogP contribution in [0.15, 0.2) is 23.1 Å². The van der Waals surface area contributed by atoms with Crippen LogP contribution in [0, 0.1) is 6.92 Å². The highest BCUT2D eigenvalue weighted by Crippen LogP contribution is 2.19. The predicted octanol–water partition coefficient (Wildman–Crippen LogP) is 2.14. The Kier molecular flexibility index (Phi) is 3.74. The fourth-order valence-corrected chi connectivity index (χ4v) is 2.32. The van der Waals surface area contributed by atoms with Crippen molar-refractivity contribution < 1.29 is 9.53 Å². The molecule has 0 aliphatic carbocycles. The quantitative estimate of drug-likeness (QED) is 0.816. The van der Waals surface area contributed by atoms with Crippen molar-refractivity contribution in [1.82, 2.24) is 4.90 Å². The van der Waals surface area contributed by atoms with Gasteiger partial charge in [0.1, 0.15) is 0 Å². The number of ether oxygens (including phenoxy) is 1. The van der Waals surface area contributed by atoms with Gasteiger partial charge in [-0.3, -0.25) is 4.79 Å². The van der Waals surface area contributed by atoms with Gasteiger partial charge in [0.25, 0.3) is 5.91 Å². The zero-order valence-corrected chi connectivity index (χ0v) is 11.0. The summed E-state index contributed by atoms with van der Waals surface area (Å²) in [5, 5.41) is 0. The number of carbonyl (C=O) groups is 1. The molecule has 4 heteroatoms. The Bertz CT molecular complexity index is 433. The molecule has 0 radical (unpaired) electrons. The monoisotopic (exact) mass is 251 g/mol. The Labute approximate surface area is 107 Å². The Hall–Kier alpha value is -1.00. The topological polar surface area (TPSA) is 29.5 Å². The summed E-state index contributed by atoms with van der Waals surface area (Å²) >= 11 is 4.28. The summed E-state index contributed by atoms with van der Waals surface area (Å²) in [7, 11) is 1.69. The number of rotatable bonds is 2. The minimum atomic E-state index is 0.0814. The molecule has 92 valence electrons. The number of benzene rings is 1. The number of amides is 1. The second-order valence-electron chi connectivity index (χ2n) is 4.40. The summed E-state index contributed by atoms with van der Waals surface area (Å²) in [4.78, 5) is 15.0. The number of carbonyl (C=O) groups excluding carboxylic acids is 1. The zero-order chi connectivity index (χ0) is 12.4. The third kappa shape index (κ3) is 2.64. The highest BCUT2D eigenvalue weighted by atomic mass is 32.1. The minimum absolute atomic E-state index is 0.0814. The average molecular weight is 251 g/mol. The fraction of sp³-hybridized carbons (Fsp3) is 0.462. The van der Waals surface area contributed by atoms with Crippen molar-refractivity contribution in [3.63, 3.8) is 0 Å². The molecule has 0 N–H and O–H groups in total. The van der Waals surface area contributed by atoms with E-state index in [9.17, 15) is 4.79 Å². The van der Waals surface area contributed by atoms with Gasteiger partial charge < -0.3 is 9.64 Å². The lowest BCUT2D eigenvalue weighted by molar-refractivity contribution is 0.0723. The lowest BCUT2D eigenvalue weighted by Crippen LogP contribution is -2.30. The molecule has 1 heterocycles. The van der Waals surface area contributed by atoms with Crippen LogP contribution in [0.2, 0.25) is 0 Å². The number of methoxy groups -OCH3 is 1. The number of hydrogen-bond donors (Lipinski definition) is 1. The molecule has 1 aliphatic rings. The highest BCUT2D eigenvalue weighted by molar-refractivity contribution is 7.80. The molecule has 0 saturated carbocycles. The summed E-state index contributed by atoms with van der Waals surface area (Å²) in [5.74, 6) is 0.0814. The Morgan fingerprint density at radius 2 is 2.29 bits per heavy atom. The standard InChI is InChI=1S/C13H17NO2S/c1-9-3-4-11(17)7-12(9)13(15)14-6-5-10(8-14)16-2/h3-4,7,10,17H,5-6,8H2,1-2H3. The first-order valence-corrected chi connectivity index (χ1v) is 6.18. The fourth-order valence-electron chi connectivity index (χ4n) is 2.12. The van der Waals surface area contributed by atoms with Crippen LogP contribution in [0.3, 0.4) is 0 Å². The molecule has 1 aliphatic heterocycles. The normalized spacial score (nSPS) is 19.7. The minimum Gasteiger partial charge on any atom is -0.380 e. The molecule has 1 atom stereocenters. The Morgan fingerprint density at radius 1 is 1.53 bits per heavy atom. The van der Waals surface area contributed by atoms with E-state index in [0.717, 1.165) is 29.0 Å². The van der Waals surface area contributed by atoms with E-state index < -0.39 is 0 Å². The summed E-state index contributed by atoms with van der Waals surface area (Å²) in [6.07, 6.45) is 1.10. The maximum Gasteiger partial charge on any atom is 0.254 e. The van der Waals surface area contributed by atoms with E-state index >= 15 is 0 Å². The van der Waals surface area contributed by atoms with E-state index in [4.69, 9.17) is 4.74 Å². The van der Waals surface area contributed by atoms with Gasteiger partial charge in [0, 0.05) is 30.7 Å². The third-order valence-electron chi connectivity index (χ3n) is 3.22. The second-order valence-corrected chi connectivity index (χ2v) is 4.91. The van der Waals surface area contributed by atoms with Crippen LogP contribution in [0.25, 0.3) is 0 Å². The van der Waals surface area contributed by atoms with Gasteiger partial charge in [0.05, 0.1) is 6.10 Å². The first-order chi connectivity index (χ1) is 8.11. The average Bonchev–Trinajstić information content (AvgIpc) is 2.80. The lowest BCUT2D eigenvalue weighted by Gasteiger charge is -2.17. The predicted molar refractivity (Wildman–Crippen MR) is 69.7 cm³/mol. The van der Waals surface area contributed by atoms with E-state index in [-0.39, 0.29) is 12.0 Å². The summed E-state index contributed by atoms with van der Waals surface area (Å²) < 4.78 is 5.27. The maximum atomic E-state index is 12.3. The van der Waals surface area contributed by atoms with Gasteiger partial charge in [-0.1, -0.05) is 6.07 Å². The first kappa shape index (κ1) is 12.5. The zero-order valence-electron chi connectivity index (χ0n) is 10.1. The molecule has 1 aromatic rings. The van der Waals surface area contributed by atoms with Crippen molar-refractivity contribution in [2.24, 2.45) is 0 Å². The van der Waals surface area contributed by atoms with Crippen molar-refractivity contribution in [2.45, 2.75) is 24.3 Å². The smallest absolute Gasteiger partial charge is 0.254 e. The van der Waals surface area contributed by atoms with E-state index in [1.54, 1.807) is 7.11 Å². The van der Waals surface area contributed by atoms with E-state index in [0.29, 0.717) is 6.54 Å². The van der Waals surface area contributed by atoms with Crippen molar-refractivity contribution in [1.29, 1.82) is 0 Å². The lowest BCUT2D eigenvalue weighted by atomic mass is 10.1. The van der Waals surface area contributed by atoms with Gasteiger partial charge in [0.15, 0.2) is 0 Å². The molecule has 0 spiro atoms. The van der Waals surface area contributed by atoms with Gasteiger partial charge >= 0.3 is 0 Å². The van der Waals surface area contributed by atoms with Crippen LogP contribution in [0.1, 0.15) is 22.3 Å². The SMILES string of the molecule is COC1CCN(C(=O)c2cc(S)ccc2C)C1. The van der Waals surface area contributed by atoms with E-state index in [2.05, 4.69) is 12.6 Å². The first-order valence-electron chi connectivity index (χ1n) is 5.73. The molecule has 0 aromatic heterocycles. The van der Waals surface area contributed by atoms with Crippen molar-refractivity contribution in [3.8, 4) is 0 Å². The molecular formula is C13H17NO2S. The summed E-state index contributed by atoms with van der Waals surface area (Å²) in [5.41, 5.74) is 1.74. The van der Waals surface area contributed by atoms with E-state index in [1.165, 1.54) is 0 Å². The molecular weight excluding hydrogens is 234 g/mol. The summed E-state index contributed by atoms with van der Waals surface area (Å²) in [6.45, 7) is 3.41.